The van der Waals surface area contributed by atoms with Crippen molar-refractivity contribution in [1.29, 1.82) is 0 Å². The highest BCUT2D eigenvalue weighted by Gasteiger charge is 2.22. The van der Waals surface area contributed by atoms with Crippen LogP contribution in [-0.2, 0) is 7.05 Å². The van der Waals surface area contributed by atoms with E-state index in [0.29, 0.717) is 16.7 Å². The molecular weight excluding hydrogens is 314 g/mol. The summed E-state index contributed by atoms with van der Waals surface area (Å²) >= 11 is 1.33. The maximum Gasteiger partial charge on any atom is 0.269 e. The van der Waals surface area contributed by atoms with E-state index in [1.54, 1.807) is 17.9 Å². The van der Waals surface area contributed by atoms with Gasteiger partial charge >= 0.3 is 0 Å². The van der Waals surface area contributed by atoms with Gasteiger partial charge in [-0.25, -0.2) is 9.67 Å². The summed E-state index contributed by atoms with van der Waals surface area (Å²) in [4.78, 5) is 21.5. The first-order valence-electron chi connectivity index (χ1n) is 7.80. The largest absolute Gasteiger partial charge is 0.362 e. The molecule has 0 unspecified atom stereocenters. The summed E-state index contributed by atoms with van der Waals surface area (Å²) in [5.41, 5.74) is 0. The molecule has 0 atom stereocenters. The summed E-state index contributed by atoms with van der Waals surface area (Å²) < 4.78 is 1.63. The molecule has 3 heterocycles. The minimum Gasteiger partial charge on any atom is -0.362 e. The number of piperidine rings is 1. The molecule has 0 radical (unpaired) electrons. The predicted molar refractivity (Wildman–Crippen MR) is 90.1 cm³/mol. The average Bonchev–Trinajstić information content (AvgIpc) is 3.16. The van der Waals surface area contributed by atoms with E-state index in [4.69, 9.17) is 0 Å². The van der Waals surface area contributed by atoms with Crippen LogP contribution in [0.1, 0.15) is 41.2 Å². The zero-order chi connectivity index (χ0) is 16.2. The summed E-state index contributed by atoms with van der Waals surface area (Å²) in [5, 5.41) is 14.4. The molecule has 3 rings (SSSR count). The molecule has 1 aliphatic rings. The molecular formula is C14H21N7OS. The highest BCUT2D eigenvalue weighted by molar-refractivity contribution is 7.17. The first-order chi connectivity index (χ1) is 11.2. The van der Waals surface area contributed by atoms with Gasteiger partial charge in [0.15, 0.2) is 11.0 Å². The Bertz CT molecular complexity index is 674. The van der Waals surface area contributed by atoms with Crippen molar-refractivity contribution in [2.45, 2.75) is 25.7 Å². The first-order valence-corrected chi connectivity index (χ1v) is 8.61. The Morgan fingerprint density at radius 3 is 3.00 bits per heavy atom. The Kier molecular flexibility index (Phi) is 4.87. The predicted octanol–water partition coefficient (Wildman–Crippen LogP) is 1.42. The molecule has 0 aliphatic carbocycles. The Balaban J connectivity index is 1.69. The van der Waals surface area contributed by atoms with Crippen molar-refractivity contribution in [1.82, 2.24) is 25.1 Å². The zero-order valence-corrected chi connectivity index (χ0v) is 14.1. The number of carbonyl (C=O) groups is 1. The van der Waals surface area contributed by atoms with Crippen LogP contribution < -0.4 is 16.0 Å². The summed E-state index contributed by atoms with van der Waals surface area (Å²) in [7, 11) is 1.80. The van der Waals surface area contributed by atoms with Gasteiger partial charge in [0.1, 0.15) is 4.88 Å². The van der Waals surface area contributed by atoms with Gasteiger partial charge in [-0.05, 0) is 32.9 Å². The molecule has 1 amide bonds. The maximum absolute atomic E-state index is 12.3. The van der Waals surface area contributed by atoms with Crippen molar-refractivity contribution in [3.63, 3.8) is 0 Å². The number of thiazole rings is 1. The second kappa shape index (κ2) is 7.05. The second-order valence-electron chi connectivity index (χ2n) is 5.46. The Morgan fingerprint density at radius 2 is 2.26 bits per heavy atom. The van der Waals surface area contributed by atoms with Gasteiger partial charge in [-0.2, -0.15) is 10.1 Å². The molecule has 1 fully saturated rings. The molecule has 0 bridgehead atoms. The van der Waals surface area contributed by atoms with Crippen molar-refractivity contribution in [3.05, 3.63) is 16.9 Å². The lowest BCUT2D eigenvalue weighted by Crippen LogP contribution is -2.27. The van der Waals surface area contributed by atoms with E-state index in [1.165, 1.54) is 11.3 Å². The minimum atomic E-state index is -0.209. The molecule has 0 aromatic carbocycles. The van der Waals surface area contributed by atoms with Crippen molar-refractivity contribution in [2.75, 3.05) is 30.3 Å². The summed E-state index contributed by atoms with van der Waals surface area (Å²) in [6.07, 6.45) is 3.62. The van der Waals surface area contributed by atoms with Gasteiger partial charge in [0.25, 0.3) is 5.91 Å². The quantitative estimate of drug-likeness (QED) is 0.765. The maximum atomic E-state index is 12.3. The molecule has 2 aromatic heterocycles. The standard InChI is InChI=1S/C14H21N7OS/c1-3-16-14-17-8-10(23-14)12(22)19-13-18-11(20-21(13)2)9-4-6-15-7-5-9/h8-9,15H,3-7H2,1-2H3,(H,16,17)(H,18,19,20,22). The molecule has 1 aliphatic heterocycles. The molecule has 2 aromatic rings. The highest BCUT2D eigenvalue weighted by Crippen LogP contribution is 2.24. The fraction of sp³-hybridized carbons (Fsp3) is 0.571. The van der Waals surface area contributed by atoms with E-state index < -0.39 is 0 Å². The van der Waals surface area contributed by atoms with Crippen molar-refractivity contribution >= 4 is 28.3 Å². The van der Waals surface area contributed by atoms with Crippen molar-refractivity contribution in [3.8, 4) is 0 Å². The van der Waals surface area contributed by atoms with Crippen LogP contribution in [-0.4, -0.2) is 45.3 Å². The van der Waals surface area contributed by atoms with Gasteiger partial charge in [0, 0.05) is 19.5 Å². The van der Waals surface area contributed by atoms with Crippen LogP contribution in [0.15, 0.2) is 6.20 Å². The third-order valence-corrected chi connectivity index (χ3v) is 4.72. The van der Waals surface area contributed by atoms with Gasteiger partial charge in [-0.15, -0.1) is 0 Å². The molecule has 9 heteroatoms. The first kappa shape index (κ1) is 15.9. The van der Waals surface area contributed by atoms with E-state index in [9.17, 15) is 4.79 Å². The monoisotopic (exact) mass is 335 g/mol. The van der Waals surface area contributed by atoms with Crippen LogP contribution in [0, 0.1) is 0 Å². The summed E-state index contributed by atoms with van der Waals surface area (Å²) in [5.74, 6) is 1.43. The minimum absolute atomic E-state index is 0.209. The van der Waals surface area contributed by atoms with Crippen LogP contribution in [0.4, 0.5) is 11.1 Å². The topological polar surface area (TPSA) is 96.8 Å². The Labute approximate surface area is 138 Å². The summed E-state index contributed by atoms with van der Waals surface area (Å²) in [6, 6.07) is 0. The number of hydrogen-bond acceptors (Lipinski definition) is 7. The van der Waals surface area contributed by atoms with Gasteiger partial charge in [-0.3, -0.25) is 10.1 Å². The third kappa shape index (κ3) is 3.67. The zero-order valence-electron chi connectivity index (χ0n) is 13.3. The van der Waals surface area contributed by atoms with Crippen LogP contribution in [0.25, 0.3) is 0 Å². The fourth-order valence-electron chi connectivity index (χ4n) is 2.54. The van der Waals surface area contributed by atoms with Crippen LogP contribution in [0.3, 0.4) is 0 Å². The molecule has 124 valence electrons. The second-order valence-corrected chi connectivity index (χ2v) is 6.49. The van der Waals surface area contributed by atoms with E-state index in [1.807, 2.05) is 6.92 Å². The van der Waals surface area contributed by atoms with E-state index in [-0.39, 0.29) is 5.91 Å². The van der Waals surface area contributed by atoms with Crippen molar-refractivity contribution in [2.24, 2.45) is 7.05 Å². The normalized spacial score (nSPS) is 15.6. The number of aromatic nitrogens is 4. The Hall–Kier alpha value is -2.00. The SMILES string of the molecule is CCNc1ncc(C(=O)Nc2nc(C3CCNCC3)nn2C)s1. The number of nitrogens with zero attached hydrogens (tertiary/aromatic N) is 4. The number of carbonyl (C=O) groups excluding carboxylic acids is 1. The Morgan fingerprint density at radius 1 is 1.48 bits per heavy atom. The van der Waals surface area contributed by atoms with Gasteiger partial charge in [-0.1, -0.05) is 11.3 Å². The number of anilines is 2. The lowest BCUT2D eigenvalue weighted by atomic mass is 9.98. The van der Waals surface area contributed by atoms with Crippen LogP contribution >= 0.6 is 11.3 Å². The number of rotatable bonds is 5. The molecule has 8 nitrogen and oxygen atoms in total. The number of hydrogen-bond donors (Lipinski definition) is 3. The van der Waals surface area contributed by atoms with Gasteiger partial charge in [0.2, 0.25) is 5.95 Å². The van der Waals surface area contributed by atoms with E-state index >= 15 is 0 Å². The van der Waals surface area contributed by atoms with Crippen LogP contribution in [0.5, 0.6) is 0 Å². The molecule has 0 spiro atoms. The van der Waals surface area contributed by atoms with E-state index in [0.717, 1.165) is 43.4 Å². The fourth-order valence-corrected chi connectivity index (χ4v) is 3.32. The third-order valence-electron chi connectivity index (χ3n) is 3.77. The number of amides is 1. The van der Waals surface area contributed by atoms with Gasteiger partial charge in [0.05, 0.1) is 6.20 Å². The number of nitrogens with one attached hydrogen (secondary N) is 3. The smallest absolute Gasteiger partial charge is 0.269 e. The lowest BCUT2D eigenvalue weighted by molar-refractivity contribution is 0.102. The number of aryl methyl sites for hydroxylation is 1. The molecule has 0 saturated carbocycles. The average molecular weight is 335 g/mol. The van der Waals surface area contributed by atoms with Gasteiger partial charge < -0.3 is 10.6 Å². The molecule has 1 saturated heterocycles. The van der Waals surface area contributed by atoms with Crippen molar-refractivity contribution < 1.29 is 4.79 Å². The lowest BCUT2D eigenvalue weighted by Gasteiger charge is -2.19. The van der Waals surface area contributed by atoms with E-state index in [2.05, 4.69) is 31.0 Å². The highest BCUT2D eigenvalue weighted by atomic mass is 32.1. The molecule has 3 N–H and O–H groups in total. The summed E-state index contributed by atoms with van der Waals surface area (Å²) in [6.45, 7) is 4.73. The molecule has 23 heavy (non-hydrogen) atoms. The van der Waals surface area contributed by atoms with Crippen LogP contribution in [0.2, 0.25) is 0 Å².